The number of fused-ring (bicyclic) bond motifs is 1. The molecule has 0 saturated heterocycles. The molecule has 2 aromatic heterocycles. The smallest absolute Gasteiger partial charge is 0.337 e. The molecule has 104 valence electrons. The average molecular weight is 296 g/mol. The third kappa shape index (κ3) is 2.20. The predicted octanol–water partition coefficient (Wildman–Crippen LogP) is 4.93. The lowest BCUT2D eigenvalue weighted by Gasteiger charge is -2.05. The molecule has 0 spiro atoms. The van der Waals surface area contributed by atoms with E-state index in [4.69, 9.17) is 0 Å². The number of H-pyrrole nitrogens is 1. The molecule has 6 heteroatoms. The summed E-state index contributed by atoms with van der Waals surface area (Å²) < 4.78 is 38.0. The second-order valence-corrected chi connectivity index (χ2v) is 5.92. The fourth-order valence-electron chi connectivity index (χ4n) is 1.99. The molecule has 3 aromatic rings. The molecule has 2 heterocycles. The van der Waals surface area contributed by atoms with E-state index in [0.29, 0.717) is 16.9 Å². The van der Waals surface area contributed by atoms with E-state index in [1.54, 1.807) is 11.3 Å². The van der Waals surface area contributed by atoms with Crippen molar-refractivity contribution < 1.29 is 13.2 Å². The molecule has 20 heavy (non-hydrogen) atoms. The lowest BCUT2D eigenvalue weighted by molar-refractivity contribution is -0.137. The Morgan fingerprint density at radius 3 is 2.50 bits per heavy atom. The number of hydrogen-bond donors (Lipinski definition) is 1. The van der Waals surface area contributed by atoms with Crippen molar-refractivity contribution in [1.82, 2.24) is 9.97 Å². The minimum absolute atomic E-state index is 0.401. The summed E-state index contributed by atoms with van der Waals surface area (Å²) in [4.78, 5) is 9.42. The van der Waals surface area contributed by atoms with E-state index >= 15 is 0 Å². The van der Waals surface area contributed by atoms with Gasteiger partial charge in [0, 0.05) is 4.88 Å². The number of aromatic nitrogens is 2. The Morgan fingerprint density at radius 2 is 1.90 bits per heavy atom. The van der Waals surface area contributed by atoms with E-state index in [9.17, 15) is 13.2 Å². The van der Waals surface area contributed by atoms with Crippen LogP contribution < -0.4 is 0 Å². The molecule has 0 aliphatic rings. The zero-order valence-corrected chi connectivity index (χ0v) is 11.6. The fourth-order valence-corrected chi connectivity index (χ4v) is 2.97. The normalized spacial score (nSPS) is 12.2. The average Bonchev–Trinajstić information content (AvgIpc) is 2.91. The van der Waals surface area contributed by atoms with Crippen LogP contribution in [-0.2, 0) is 6.18 Å². The largest absolute Gasteiger partial charge is 0.416 e. The summed E-state index contributed by atoms with van der Waals surface area (Å²) >= 11 is 1.58. The molecule has 0 saturated carbocycles. The van der Waals surface area contributed by atoms with Gasteiger partial charge in [-0.15, -0.1) is 11.3 Å². The molecule has 0 atom stereocenters. The standard InChI is InChI=1S/C14H11F3N2S/c1-7-5-12(20-8(7)2)13-18-10-4-3-9(14(15,16)17)6-11(10)19-13/h3-6H,1-2H3,(H,18,19). The molecule has 0 bridgehead atoms. The fraction of sp³-hybridized carbons (Fsp3) is 0.214. The van der Waals surface area contributed by atoms with Gasteiger partial charge < -0.3 is 4.98 Å². The quantitative estimate of drug-likeness (QED) is 0.678. The van der Waals surface area contributed by atoms with Crippen molar-refractivity contribution in [3.8, 4) is 10.7 Å². The van der Waals surface area contributed by atoms with Crippen LogP contribution >= 0.6 is 11.3 Å². The predicted molar refractivity (Wildman–Crippen MR) is 73.9 cm³/mol. The van der Waals surface area contributed by atoms with Crippen molar-refractivity contribution in [1.29, 1.82) is 0 Å². The molecule has 1 N–H and O–H groups in total. The highest BCUT2D eigenvalue weighted by atomic mass is 32.1. The van der Waals surface area contributed by atoms with Crippen molar-refractivity contribution in [2.75, 3.05) is 0 Å². The van der Waals surface area contributed by atoms with Crippen LogP contribution in [0.2, 0.25) is 0 Å². The van der Waals surface area contributed by atoms with E-state index in [1.807, 2.05) is 19.9 Å². The van der Waals surface area contributed by atoms with Gasteiger partial charge in [-0.3, -0.25) is 0 Å². The molecule has 0 radical (unpaired) electrons. The highest BCUT2D eigenvalue weighted by Gasteiger charge is 2.30. The lowest BCUT2D eigenvalue weighted by atomic mass is 10.2. The lowest BCUT2D eigenvalue weighted by Crippen LogP contribution is -2.04. The van der Waals surface area contributed by atoms with Gasteiger partial charge >= 0.3 is 6.18 Å². The van der Waals surface area contributed by atoms with Crippen LogP contribution in [0, 0.1) is 13.8 Å². The summed E-state index contributed by atoms with van der Waals surface area (Å²) in [7, 11) is 0. The first-order valence-corrected chi connectivity index (χ1v) is 6.80. The van der Waals surface area contributed by atoms with Crippen LogP contribution in [0.25, 0.3) is 21.7 Å². The molecule has 1 aromatic carbocycles. The maximum atomic E-state index is 12.7. The SMILES string of the molecule is Cc1cc(-c2nc3ccc(C(F)(F)F)cc3[nH]2)sc1C. The molecule has 0 aliphatic carbocycles. The van der Waals surface area contributed by atoms with E-state index in [-0.39, 0.29) is 0 Å². The molecular formula is C14H11F3N2S. The number of nitrogens with one attached hydrogen (secondary N) is 1. The van der Waals surface area contributed by atoms with Gasteiger partial charge in [-0.1, -0.05) is 0 Å². The number of thiophene rings is 1. The van der Waals surface area contributed by atoms with E-state index in [1.165, 1.54) is 10.9 Å². The van der Waals surface area contributed by atoms with Crippen molar-refractivity contribution in [2.24, 2.45) is 0 Å². The van der Waals surface area contributed by atoms with Crippen LogP contribution in [0.5, 0.6) is 0 Å². The molecular weight excluding hydrogens is 285 g/mol. The van der Waals surface area contributed by atoms with Crippen LogP contribution in [-0.4, -0.2) is 9.97 Å². The number of halogens is 3. The number of rotatable bonds is 1. The van der Waals surface area contributed by atoms with Crippen molar-refractivity contribution >= 4 is 22.4 Å². The Morgan fingerprint density at radius 1 is 1.15 bits per heavy atom. The first kappa shape index (κ1) is 13.2. The Bertz CT molecular complexity index is 764. The number of imidazole rings is 1. The summed E-state index contributed by atoms with van der Waals surface area (Å²) in [6.45, 7) is 4.01. The third-order valence-electron chi connectivity index (χ3n) is 3.21. The van der Waals surface area contributed by atoms with Gasteiger partial charge in [-0.2, -0.15) is 13.2 Å². The Balaban J connectivity index is 2.11. The van der Waals surface area contributed by atoms with E-state index in [2.05, 4.69) is 9.97 Å². The van der Waals surface area contributed by atoms with Gasteiger partial charge in [0.2, 0.25) is 0 Å². The molecule has 0 fully saturated rings. The zero-order valence-electron chi connectivity index (χ0n) is 10.8. The van der Waals surface area contributed by atoms with E-state index < -0.39 is 11.7 Å². The second kappa shape index (κ2) is 4.34. The number of benzene rings is 1. The topological polar surface area (TPSA) is 28.7 Å². The van der Waals surface area contributed by atoms with Gasteiger partial charge in [-0.05, 0) is 43.7 Å². The van der Waals surface area contributed by atoms with Crippen molar-refractivity contribution in [2.45, 2.75) is 20.0 Å². The first-order valence-electron chi connectivity index (χ1n) is 5.99. The Kier molecular flexibility index (Phi) is 2.86. The first-order chi connectivity index (χ1) is 9.34. The maximum Gasteiger partial charge on any atom is 0.416 e. The molecule has 2 nitrogen and oxygen atoms in total. The Hall–Kier alpha value is -1.82. The maximum absolute atomic E-state index is 12.7. The van der Waals surface area contributed by atoms with Gasteiger partial charge in [0.25, 0.3) is 0 Å². The summed E-state index contributed by atoms with van der Waals surface area (Å²) in [5.41, 5.74) is 1.43. The van der Waals surface area contributed by atoms with Crippen molar-refractivity contribution in [3.63, 3.8) is 0 Å². The second-order valence-electron chi connectivity index (χ2n) is 4.66. The van der Waals surface area contributed by atoms with Gasteiger partial charge in [0.15, 0.2) is 0 Å². The zero-order chi connectivity index (χ0) is 14.5. The highest BCUT2D eigenvalue weighted by molar-refractivity contribution is 7.15. The molecule has 0 amide bonds. The summed E-state index contributed by atoms with van der Waals surface area (Å²) in [5, 5.41) is 0. The summed E-state index contributed by atoms with van der Waals surface area (Å²) in [5.74, 6) is 0.612. The molecule has 0 unspecified atom stereocenters. The minimum atomic E-state index is -4.34. The van der Waals surface area contributed by atoms with Crippen LogP contribution in [0.1, 0.15) is 16.0 Å². The van der Waals surface area contributed by atoms with Gasteiger partial charge in [0.1, 0.15) is 5.82 Å². The number of hydrogen-bond acceptors (Lipinski definition) is 2. The van der Waals surface area contributed by atoms with Crippen LogP contribution in [0.3, 0.4) is 0 Å². The summed E-state index contributed by atoms with van der Waals surface area (Å²) in [6, 6.07) is 5.53. The third-order valence-corrected chi connectivity index (χ3v) is 4.37. The number of aryl methyl sites for hydroxylation is 2. The Labute approximate surface area is 117 Å². The monoisotopic (exact) mass is 296 g/mol. The van der Waals surface area contributed by atoms with Gasteiger partial charge in [-0.25, -0.2) is 4.98 Å². The van der Waals surface area contributed by atoms with E-state index in [0.717, 1.165) is 22.6 Å². The van der Waals surface area contributed by atoms with Gasteiger partial charge in [0.05, 0.1) is 21.5 Å². The minimum Gasteiger partial charge on any atom is -0.337 e. The molecule has 3 rings (SSSR count). The molecule has 0 aliphatic heterocycles. The summed E-state index contributed by atoms with van der Waals surface area (Å²) in [6.07, 6.45) is -4.34. The van der Waals surface area contributed by atoms with Crippen LogP contribution in [0.4, 0.5) is 13.2 Å². The van der Waals surface area contributed by atoms with Crippen molar-refractivity contribution in [3.05, 3.63) is 40.3 Å². The number of nitrogens with zero attached hydrogens (tertiary/aromatic N) is 1. The van der Waals surface area contributed by atoms with Crippen LogP contribution in [0.15, 0.2) is 24.3 Å². The number of alkyl halides is 3. The number of aromatic amines is 1. The highest BCUT2D eigenvalue weighted by Crippen LogP contribution is 2.33.